The van der Waals surface area contributed by atoms with Gasteiger partial charge in [0.2, 0.25) is 5.89 Å². The molecule has 0 amide bonds. The summed E-state index contributed by atoms with van der Waals surface area (Å²) in [6.45, 7) is 4.66. The van der Waals surface area contributed by atoms with Gasteiger partial charge in [-0.2, -0.15) is 4.98 Å². The lowest BCUT2D eigenvalue weighted by atomic mass is 10.0. The Morgan fingerprint density at radius 2 is 2.44 bits per heavy atom. The van der Waals surface area contributed by atoms with Gasteiger partial charge in [0, 0.05) is 6.61 Å². The van der Waals surface area contributed by atoms with E-state index in [9.17, 15) is 4.79 Å². The minimum atomic E-state index is -0.552. The Bertz CT molecular complexity index is 377. The fourth-order valence-electron chi connectivity index (χ4n) is 1.72. The maximum atomic E-state index is 11.3. The molecule has 0 aliphatic carbocycles. The molecule has 2 unspecified atom stereocenters. The van der Waals surface area contributed by atoms with Crippen LogP contribution in [0.25, 0.3) is 0 Å². The van der Waals surface area contributed by atoms with Gasteiger partial charge >= 0.3 is 5.97 Å². The summed E-state index contributed by atoms with van der Waals surface area (Å²) in [4.78, 5) is 15.3. The van der Waals surface area contributed by atoms with Crippen LogP contribution in [0.4, 0.5) is 0 Å². The summed E-state index contributed by atoms with van der Waals surface area (Å²) in [6.07, 6.45) is 0.890. The van der Waals surface area contributed by atoms with Crippen LogP contribution in [0.3, 0.4) is 0 Å². The third-order valence-electron chi connectivity index (χ3n) is 2.59. The Morgan fingerprint density at radius 3 is 3.06 bits per heavy atom. The SMILES string of the molecule is CCOC(=O)c1noc(C2CCOC2C)n1. The van der Waals surface area contributed by atoms with Crippen molar-refractivity contribution in [2.75, 3.05) is 13.2 Å². The highest BCUT2D eigenvalue weighted by molar-refractivity contribution is 5.84. The van der Waals surface area contributed by atoms with E-state index < -0.39 is 5.97 Å². The highest BCUT2D eigenvalue weighted by Gasteiger charge is 2.31. The van der Waals surface area contributed by atoms with E-state index in [2.05, 4.69) is 10.1 Å². The van der Waals surface area contributed by atoms with Crippen LogP contribution in [0, 0.1) is 0 Å². The molecule has 2 rings (SSSR count). The molecule has 2 heterocycles. The summed E-state index contributed by atoms with van der Waals surface area (Å²) < 4.78 is 15.2. The average molecular weight is 226 g/mol. The van der Waals surface area contributed by atoms with Gasteiger partial charge in [-0.1, -0.05) is 0 Å². The van der Waals surface area contributed by atoms with E-state index in [1.807, 2.05) is 6.92 Å². The van der Waals surface area contributed by atoms with Crippen LogP contribution >= 0.6 is 0 Å². The van der Waals surface area contributed by atoms with E-state index in [1.165, 1.54) is 0 Å². The predicted molar refractivity (Wildman–Crippen MR) is 53.0 cm³/mol. The largest absolute Gasteiger partial charge is 0.460 e. The summed E-state index contributed by atoms with van der Waals surface area (Å²) in [5.41, 5.74) is 0. The number of rotatable bonds is 3. The maximum absolute atomic E-state index is 11.3. The normalized spacial score (nSPS) is 24.6. The predicted octanol–water partition coefficient (Wildman–Crippen LogP) is 1.14. The average Bonchev–Trinajstić information content (AvgIpc) is 2.86. The minimum Gasteiger partial charge on any atom is -0.460 e. The molecular weight excluding hydrogens is 212 g/mol. The molecule has 1 saturated heterocycles. The molecule has 1 fully saturated rings. The molecule has 0 bridgehead atoms. The fourth-order valence-corrected chi connectivity index (χ4v) is 1.72. The molecule has 1 aromatic heterocycles. The molecule has 0 N–H and O–H groups in total. The highest BCUT2D eigenvalue weighted by Crippen LogP contribution is 2.29. The summed E-state index contributed by atoms with van der Waals surface area (Å²) in [5, 5.41) is 3.60. The minimum absolute atomic E-state index is 0.0176. The Kier molecular flexibility index (Phi) is 3.19. The van der Waals surface area contributed by atoms with Crippen molar-refractivity contribution < 1.29 is 18.8 Å². The number of ether oxygens (including phenoxy) is 2. The van der Waals surface area contributed by atoms with Crippen molar-refractivity contribution in [3.8, 4) is 0 Å². The van der Waals surface area contributed by atoms with Crippen LogP contribution < -0.4 is 0 Å². The first-order chi connectivity index (χ1) is 7.72. The topological polar surface area (TPSA) is 74.5 Å². The first kappa shape index (κ1) is 11.1. The lowest BCUT2D eigenvalue weighted by Crippen LogP contribution is -2.11. The van der Waals surface area contributed by atoms with Crippen molar-refractivity contribution in [1.29, 1.82) is 0 Å². The van der Waals surface area contributed by atoms with E-state index >= 15 is 0 Å². The quantitative estimate of drug-likeness (QED) is 0.719. The fraction of sp³-hybridized carbons (Fsp3) is 0.700. The zero-order valence-corrected chi connectivity index (χ0v) is 9.30. The molecule has 1 aliphatic rings. The molecule has 6 heteroatoms. The number of esters is 1. The van der Waals surface area contributed by atoms with E-state index in [0.717, 1.165) is 6.42 Å². The van der Waals surface area contributed by atoms with Gasteiger partial charge in [0.25, 0.3) is 5.82 Å². The monoisotopic (exact) mass is 226 g/mol. The Labute approximate surface area is 92.9 Å². The van der Waals surface area contributed by atoms with Crippen molar-refractivity contribution in [2.45, 2.75) is 32.3 Å². The lowest BCUT2D eigenvalue weighted by Gasteiger charge is -2.07. The molecule has 88 valence electrons. The number of nitrogens with zero attached hydrogens (tertiary/aromatic N) is 2. The number of carbonyl (C=O) groups is 1. The zero-order chi connectivity index (χ0) is 11.5. The van der Waals surface area contributed by atoms with Crippen LogP contribution in [-0.2, 0) is 9.47 Å². The van der Waals surface area contributed by atoms with E-state index in [1.54, 1.807) is 6.92 Å². The van der Waals surface area contributed by atoms with E-state index in [0.29, 0.717) is 19.1 Å². The van der Waals surface area contributed by atoms with Crippen LogP contribution in [-0.4, -0.2) is 35.4 Å². The van der Waals surface area contributed by atoms with Crippen molar-refractivity contribution in [1.82, 2.24) is 10.1 Å². The Hall–Kier alpha value is -1.43. The summed E-state index contributed by atoms with van der Waals surface area (Å²) in [5.74, 6) is -0.0382. The molecule has 0 spiro atoms. The number of aromatic nitrogens is 2. The summed E-state index contributed by atoms with van der Waals surface area (Å²) in [6, 6.07) is 0. The number of hydrogen-bond acceptors (Lipinski definition) is 6. The van der Waals surface area contributed by atoms with Gasteiger partial charge in [-0.25, -0.2) is 4.79 Å². The maximum Gasteiger partial charge on any atom is 0.379 e. The van der Waals surface area contributed by atoms with Gasteiger partial charge in [0.1, 0.15) is 0 Å². The second-order valence-electron chi connectivity index (χ2n) is 3.65. The molecule has 0 saturated carbocycles. The van der Waals surface area contributed by atoms with Crippen molar-refractivity contribution in [3.05, 3.63) is 11.7 Å². The Morgan fingerprint density at radius 1 is 1.62 bits per heavy atom. The first-order valence-electron chi connectivity index (χ1n) is 5.34. The molecule has 1 aliphatic heterocycles. The molecule has 0 radical (unpaired) electrons. The van der Waals surface area contributed by atoms with Crippen molar-refractivity contribution in [2.24, 2.45) is 0 Å². The number of carbonyl (C=O) groups excluding carboxylic acids is 1. The van der Waals surface area contributed by atoms with Crippen LogP contribution in [0.15, 0.2) is 4.52 Å². The number of hydrogen-bond donors (Lipinski definition) is 0. The van der Waals surface area contributed by atoms with Gasteiger partial charge < -0.3 is 14.0 Å². The Balaban J connectivity index is 2.10. The second kappa shape index (κ2) is 4.61. The summed E-state index contributed by atoms with van der Waals surface area (Å²) in [7, 11) is 0. The summed E-state index contributed by atoms with van der Waals surface area (Å²) >= 11 is 0. The molecule has 0 aromatic carbocycles. The van der Waals surface area contributed by atoms with E-state index in [4.69, 9.17) is 14.0 Å². The smallest absolute Gasteiger partial charge is 0.379 e. The van der Waals surface area contributed by atoms with Crippen LogP contribution in [0.2, 0.25) is 0 Å². The van der Waals surface area contributed by atoms with Gasteiger partial charge in [0.15, 0.2) is 0 Å². The molecule has 16 heavy (non-hydrogen) atoms. The molecule has 6 nitrogen and oxygen atoms in total. The lowest BCUT2D eigenvalue weighted by molar-refractivity contribution is 0.0508. The molecular formula is C10H14N2O4. The zero-order valence-electron chi connectivity index (χ0n) is 9.30. The van der Waals surface area contributed by atoms with Crippen molar-refractivity contribution in [3.63, 3.8) is 0 Å². The molecule has 2 atom stereocenters. The van der Waals surface area contributed by atoms with Gasteiger partial charge in [-0.05, 0) is 25.4 Å². The highest BCUT2D eigenvalue weighted by atomic mass is 16.5. The second-order valence-corrected chi connectivity index (χ2v) is 3.65. The van der Waals surface area contributed by atoms with Crippen LogP contribution in [0.5, 0.6) is 0 Å². The van der Waals surface area contributed by atoms with Crippen molar-refractivity contribution >= 4 is 5.97 Å². The first-order valence-corrected chi connectivity index (χ1v) is 5.34. The third-order valence-corrected chi connectivity index (χ3v) is 2.59. The van der Waals surface area contributed by atoms with Gasteiger partial charge in [0.05, 0.1) is 18.6 Å². The van der Waals surface area contributed by atoms with Gasteiger partial charge in [-0.3, -0.25) is 0 Å². The molecule has 1 aromatic rings. The van der Waals surface area contributed by atoms with Gasteiger partial charge in [-0.15, -0.1) is 0 Å². The third kappa shape index (κ3) is 2.06. The van der Waals surface area contributed by atoms with E-state index in [-0.39, 0.29) is 17.8 Å². The van der Waals surface area contributed by atoms with Crippen LogP contribution in [0.1, 0.15) is 42.7 Å². The standard InChI is InChI=1S/C10H14N2O4/c1-3-14-10(13)8-11-9(16-12-8)7-4-5-15-6(7)2/h6-7H,3-5H2,1-2H3.